The topological polar surface area (TPSA) is 72.3 Å². The normalized spacial score (nSPS) is 11.9. The zero-order valence-corrected chi connectivity index (χ0v) is 19.3. The monoisotopic (exact) mass is 447 g/mol. The van der Waals surface area contributed by atoms with Gasteiger partial charge in [0.25, 0.3) is 5.56 Å². The van der Waals surface area contributed by atoms with E-state index in [4.69, 9.17) is 4.98 Å². The van der Waals surface area contributed by atoms with Crippen molar-refractivity contribution in [1.82, 2.24) is 13.9 Å². The maximum Gasteiger partial charge on any atom is 0.266 e. The van der Waals surface area contributed by atoms with Crippen molar-refractivity contribution in [3.63, 3.8) is 0 Å². The molecule has 0 atom stereocenters. The molecule has 0 amide bonds. The molecule has 0 aliphatic rings. The van der Waals surface area contributed by atoms with Crippen LogP contribution in [0.5, 0.6) is 0 Å². The van der Waals surface area contributed by atoms with Crippen molar-refractivity contribution in [3.05, 3.63) is 99.6 Å². The van der Waals surface area contributed by atoms with Crippen molar-refractivity contribution >= 4 is 20.9 Å². The zero-order chi connectivity index (χ0) is 23.0. The number of hydrogen-bond donors (Lipinski definition) is 0. The van der Waals surface area contributed by atoms with Crippen molar-refractivity contribution in [2.45, 2.75) is 32.2 Å². The van der Waals surface area contributed by atoms with Crippen LogP contribution in [-0.4, -0.2) is 29.3 Å². The van der Waals surface area contributed by atoms with Gasteiger partial charge in [-0.3, -0.25) is 9.36 Å². The summed E-state index contributed by atoms with van der Waals surface area (Å²) in [6, 6.07) is 19.8. The molecule has 32 heavy (non-hydrogen) atoms. The molecule has 164 valence electrons. The molecule has 0 aliphatic heterocycles. The Kier molecular flexibility index (Phi) is 5.71. The Bertz CT molecular complexity index is 1490. The third-order valence-electron chi connectivity index (χ3n) is 5.58. The Balaban J connectivity index is 1.90. The second kappa shape index (κ2) is 8.33. The first-order chi connectivity index (χ1) is 15.2. The van der Waals surface area contributed by atoms with Crippen LogP contribution in [0.3, 0.4) is 0 Å². The van der Waals surface area contributed by atoms with E-state index >= 15 is 0 Å². The highest BCUT2D eigenvalue weighted by Gasteiger charge is 2.25. The molecule has 4 rings (SSSR count). The summed E-state index contributed by atoms with van der Waals surface area (Å²) in [5.41, 5.74) is 3.66. The first-order valence-corrected chi connectivity index (χ1v) is 11.7. The molecule has 0 N–H and O–H groups in total. The fourth-order valence-electron chi connectivity index (χ4n) is 3.89. The molecule has 7 heteroatoms. The molecule has 4 aromatic rings. The van der Waals surface area contributed by atoms with Crippen LogP contribution in [0.4, 0.5) is 0 Å². The van der Waals surface area contributed by atoms with E-state index in [0.717, 1.165) is 11.1 Å². The first kappa shape index (κ1) is 21.9. The fourth-order valence-corrected chi connectivity index (χ4v) is 5.23. The molecule has 0 saturated heterocycles. The Morgan fingerprint density at radius 2 is 1.59 bits per heavy atom. The fraction of sp³-hybridized carbons (Fsp3) is 0.200. The van der Waals surface area contributed by atoms with Gasteiger partial charge < -0.3 is 0 Å². The molecular weight excluding hydrogens is 422 g/mol. The van der Waals surface area contributed by atoms with Gasteiger partial charge in [0.15, 0.2) is 0 Å². The van der Waals surface area contributed by atoms with E-state index in [1.165, 1.54) is 15.9 Å². The lowest BCUT2D eigenvalue weighted by atomic mass is 10.1. The van der Waals surface area contributed by atoms with Crippen LogP contribution in [0.1, 0.15) is 22.5 Å². The molecule has 0 bridgehead atoms. The van der Waals surface area contributed by atoms with Crippen LogP contribution >= 0.6 is 0 Å². The molecule has 0 unspecified atom stereocenters. The van der Waals surface area contributed by atoms with E-state index in [9.17, 15) is 13.2 Å². The minimum Gasteiger partial charge on any atom is -0.268 e. The Hall–Kier alpha value is -3.29. The predicted octanol–water partition coefficient (Wildman–Crippen LogP) is 4.13. The molecule has 1 heterocycles. The minimum atomic E-state index is -3.77. The largest absolute Gasteiger partial charge is 0.268 e. The van der Waals surface area contributed by atoms with Gasteiger partial charge in [0.05, 0.1) is 28.0 Å². The molecule has 1 aromatic heterocycles. The number of rotatable bonds is 5. The lowest BCUT2D eigenvalue weighted by Crippen LogP contribution is -2.32. The quantitative estimate of drug-likeness (QED) is 0.461. The molecule has 6 nitrogen and oxygen atoms in total. The highest BCUT2D eigenvalue weighted by atomic mass is 32.2. The maximum atomic E-state index is 13.5. The molecule has 0 aliphatic carbocycles. The zero-order valence-electron chi connectivity index (χ0n) is 18.5. The van der Waals surface area contributed by atoms with E-state index in [1.54, 1.807) is 49.4 Å². The van der Waals surface area contributed by atoms with Crippen molar-refractivity contribution in [2.24, 2.45) is 0 Å². The van der Waals surface area contributed by atoms with E-state index in [2.05, 4.69) is 0 Å². The molecule has 0 radical (unpaired) electrons. The number of fused-ring (bicyclic) bond motifs is 1. The average Bonchev–Trinajstić information content (AvgIpc) is 2.75. The predicted molar refractivity (Wildman–Crippen MR) is 127 cm³/mol. The number of aromatic nitrogens is 2. The lowest BCUT2D eigenvalue weighted by molar-refractivity contribution is 0.451. The highest BCUT2D eigenvalue weighted by molar-refractivity contribution is 7.89. The Morgan fingerprint density at radius 1 is 0.906 bits per heavy atom. The summed E-state index contributed by atoms with van der Waals surface area (Å²) >= 11 is 0. The van der Waals surface area contributed by atoms with Crippen LogP contribution in [-0.2, 0) is 16.6 Å². The number of nitrogens with zero attached hydrogens (tertiary/aromatic N) is 3. The van der Waals surface area contributed by atoms with Gasteiger partial charge in [0.2, 0.25) is 10.0 Å². The van der Waals surface area contributed by atoms with Gasteiger partial charge in [0, 0.05) is 7.05 Å². The summed E-state index contributed by atoms with van der Waals surface area (Å²) in [4.78, 5) is 18.4. The van der Waals surface area contributed by atoms with Crippen molar-refractivity contribution in [2.75, 3.05) is 7.05 Å². The van der Waals surface area contributed by atoms with E-state index in [0.29, 0.717) is 28.0 Å². The Morgan fingerprint density at radius 3 is 2.31 bits per heavy atom. The average molecular weight is 448 g/mol. The molecule has 0 saturated carbocycles. The van der Waals surface area contributed by atoms with Gasteiger partial charge >= 0.3 is 0 Å². The van der Waals surface area contributed by atoms with E-state index < -0.39 is 10.0 Å². The SMILES string of the molecule is Cc1ccc(-n2c(CN(C)S(=O)(=O)c3ccccc3C)nc3ccccc3c2=O)c(C)c1. The Labute approximate surface area is 187 Å². The van der Waals surface area contributed by atoms with Crippen LogP contribution < -0.4 is 5.56 Å². The van der Waals surface area contributed by atoms with Crippen LogP contribution in [0.25, 0.3) is 16.6 Å². The third-order valence-corrected chi connectivity index (χ3v) is 7.55. The minimum absolute atomic E-state index is 0.0515. The van der Waals surface area contributed by atoms with Crippen molar-refractivity contribution < 1.29 is 8.42 Å². The second-order valence-corrected chi connectivity index (χ2v) is 10.0. The van der Waals surface area contributed by atoms with Gasteiger partial charge in [-0.05, 0) is 56.2 Å². The van der Waals surface area contributed by atoms with Crippen LogP contribution in [0.2, 0.25) is 0 Å². The second-order valence-electron chi connectivity index (χ2n) is 8.00. The maximum absolute atomic E-state index is 13.5. The van der Waals surface area contributed by atoms with Crippen molar-refractivity contribution in [3.8, 4) is 5.69 Å². The summed E-state index contributed by atoms with van der Waals surface area (Å²) in [7, 11) is -2.26. The van der Waals surface area contributed by atoms with Gasteiger partial charge in [0.1, 0.15) is 5.82 Å². The first-order valence-electron chi connectivity index (χ1n) is 10.3. The van der Waals surface area contributed by atoms with Gasteiger partial charge in [-0.2, -0.15) is 4.31 Å². The smallest absolute Gasteiger partial charge is 0.266 e. The van der Waals surface area contributed by atoms with Gasteiger partial charge in [-0.15, -0.1) is 0 Å². The number of benzene rings is 3. The van der Waals surface area contributed by atoms with Crippen LogP contribution in [0.15, 0.2) is 76.4 Å². The molecule has 0 fully saturated rings. The van der Waals surface area contributed by atoms with Crippen LogP contribution in [0, 0.1) is 20.8 Å². The summed E-state index contributed by atoms with van der Waals surface area (Å²) in [5, 5.41) is 0.487. The summed E-state index contributed by atoms with van der Waals surface area (Å²) in [6.45, 7) is 5.63. The molecule has 3 aromatic carbocycles. The third kappa shape index (κ3) is 3.85. The van der Waals surface area contributed by atoms with Gasteiger partial charge in [-0.25, -0.2) is 13.4 Å². The molecular formula is C25H25N3O3S. The number of sulfonamides is 1. The number of para-hydroxylation sites is 1. The summed E-state index contributed by atoms with van der Waals surface area (Å²) < 4.78 is 29.3. The number of hydrogen-bond acceptors (Lipinski definition) is 4. The van der Waals surface area contributed by atoms with E-state index in [-0.39, 0.29) is 17.0 Å². The standard InChI is InChI=1S/C25H25N3O3S/c1-17-13-14-22(19(3)15-17)28-24(26-21-11-7-6-10-20(21)25(28)29)16-27(4)32(30,31)23-12-8-5-9-18(23)2/h5-15H,16H2,1-4H3. The molecule has 0 spiro atoms. The van der Waals surface area contributed by atoms with Gasteiger partial charge in [-0.1, -0.05) is 48.0 Å². The summed E-state index contributed by atoms with van der Waals surface area (Å²) in [5.74, 6) is 0.361. The van der Waals surface area contributed by atoms with Crippen molar-refractivity contribution in [1.29, 1.82) is 0 Å². The summed E-state index contributed by atoms with van der Waals surface area (Å²) in [6.07, 6.45) is 0. The lowest BCUT2D eigenvalue weighted by Gasteiger charge is -2.21. The highest BCUT2D eigenvalue weighted by Crippen LogP contribution is 2.22. The van der Waals surface area contributed by atoms with E-state index in [1.807, 2.05) is 38.1 Å². The number of aryl methyl sites for hydroxylation is 3.